The quantitative estimate of drug-likeness (QED) is 0.0451. The fourth-order valence-electron chi connectivity index (χ4n) is 5.14. The summed E-state index contributed by atoms with van der Waals surface area (Å²) in [5, 5.41) is 12.8. The Kier molecular flexibility index (Phi) is 11.8. The molecule has 47 heavy (non-hydrogen) atoms. The highest BCUT2D eigenvalue weighted by Crippen LogP contribution is 2.37. The monoisotopic (exact) mass is 671 g/mol. The Morgan fingerprint density at radius 2 is 1.96 bits per heavy atom. The van der Waals surface area contributed by atoms with Crippen molar-refractivity contribution in [3.8, 4) is 11.3 Å². The number of pyridine rings is 1. The zero-order valence-corrected chi connectivity index (χ0v) is 26.6. The fourth-order valence-corrected chi connectivity index (χ4v) is 5.30. The van der Waals surface area contributed by atoms with Gasteiger partial charge in [-0.15, -0.1) is 0 Å². The molecule has 15 heteroatoms. The van der Waals surface area contributed by atoms with Gasteiger partial charge in [-0.3, -0.25) is 24.1 Å². The number of hydrogen-bond donors (Lipinski definition) is 5. The topological polar surface area (TPSA) is 168 Å². The number of amides is 1. The maximum Gasteiger partial charge on any atom is 0.313 e. The van der Waals surface area contributed by atoms with Crippen LogP contribution in [-0.4, -0.2) is 33.7 Å². The molecule has 4 rings (SSSR count). The lowest BCUT2D eigenvalue weighted by Crippen LogP contribution is -2.29. The number of nitrogens with two attached hydrogens (primary N) is 2. The van der Waals surface area contributed by atoms with Gasteiger partial charge in [-0.1, -0.05) is 38.3 Å². The Hall–Kier alpha value is -4.69. The van der Waals surface area contributed by atoms with Gasteiger partial charge in [0, 0.05) is 41.9 Å². The van der Waals surface area contributed by atoms with Gasteiger partial charge in [-0.05, 0) is 49.4 Å². The molecule has 1 aliphatic carbocycles. The zero-order valence-electron chi connectivity index (χ0n) is 25.9. The summed E-state index contributed by atoms with van der Waals surface area (Å²) in [5.41, 5.74) is 6.36. The molecule has 2 heterocycles. The van der Waals surface area contributed by atoms with E-state index in [-0.39, 0.29) is 51.3 Å². The van der Waals surface area contributed by atoms with Crippen molar-refractivity contribution < 1.29 is 18.0 Å². The van der Waals surface area contributed by atoms with Crippen LogP contribution in [-0.2, 0) is 4.79 Å². The minimum Gasteiger partial charge on any atom is -0.401 e. The number of benzene rings is 1. The van der Waals surface area contributed by atoms with Crippen LogP contribution in [0.2, 0.25) is 5.02 Å². The van der Waals surface area contributed by atoms with Crippen LogP contribution < -0.4 is 32.8 Å². The SMILES string of the molecule is CC(C)CCCC(c1cc(/C(NC(F)F)=C(/C=N)NC=O)ccn1)n1cnc(-c2c(N(N)/C=C(\N)C3CC3)ccc(Cl)c2F)cc1=O. The van der Waals surface area contributed by atoms with E-state index < -0.39 is 24.0 Å². The van der Waals surface area contributed by atoms with Crippen molar-refractivity contribution in [2.45, 2.75) is 58.5 Å². The summed E-state index contributed by atoms with van der Waals surface area (Å²) in [6.07, 6.45) is 8.99. The molecular weight excluding hydrogens is 635 g/mol. The number of carbonyl (C=O) groups excluding carboxylic acids is 1. The largest absolute Gasteiger partial charge is 0.401 e. The van der Waals surface area contributed by atoms with Crippen molar-refractivity contribution >= 4 is 35.6 Å². The van der Waals surface area contributed by atoms with E-state index in [0.717, 1.165) is 25.5 Å². The van der Waals surface area contributed by atoms with E-state index in [1.165, 1.54) is 58.6 Å². The molecule has 1 amide bonds. The van der Waals surface area contributed by atoms with Crippen molar-refractivity contribution in [3.63, 3.8) is 0 Å². The molecule has 11 nitrogen and oxygen atoms in total. The van der Waals surface area contributed by atoms with Crippen molar-refractivity contribution in [1.82, 2.24) is 25.2 Å². The molecule has 1 saturated carbocycles. The number of anilines is 1. The van der Waals surface area contributed by atoms with Crippen molar-refractivity contribution in [3.05, 3.63) is 92.9 Å². The van der Waals surface area contributed by atoms with Gasteiger partial charge < -0.3 is 21.8 Å². The van der Waals surface area contributed by atoms with Crippen LogP contribution in [0.5, 0.6) is 0 Å². The molecule has 1 aromatic carbocycles. The second-order valence-corrected chi connectivity index (χ2v) is 11.9. The number of nitrogens with one attached hydrogen (secondary N) is 3. The standard InChI is InChI=1S/C32H37ClF3N9O2/c1-18(2)4-3-5-26(23-12-20(10-11-40-23)31(43-32(35)36)25(14-37)42-17-46)44-16-41-24(13-28(44)47)29-27(9-8-21(33)30(29)34)45(39)15-22(38)19-6-7-19/h8-19,26,32,37,43H,3-7,38-39H2,1-2H3,(H,42,46)/b22-15-,31-25+,37-14?. The number of carbonyl (C=O) groups is 1. The minimum absolute atomic E-state index is 0.0142. The van der Waals surface area contributed by atoms with Gasteiger partial charge in [0.1, 0.15) is 0 Å². The summed E-state index contributed by atoms with van der Waals surface area (Å²) in [4.78, 5) is 33.7. The van der Waals surface area contributed by atoms with E-state index in [1.807, 2.05) is 5.32 Å². The number of rotatable bonds is 16. The molecule has 2 aromatic heterocycles. The summed E-state index contributed by atoms with van der Waals surface area (Å²) < 4.78 is 43.8. The van der Waals surface area contributed by atoms with Crippen molar-refractivity contribution in [1.29, 1.82) is 5.41 Å². The lowest BCUT2D eigenvalue weighted by Gasteiger charge is -2.22. The second kappa shape index (κ2) is 15.7. The third-order valence-corrected chi connectivity index (χ3v) is 7.96. The summed E-state index contributed by atoms with van der Waals surface area (Å²) in [6, 6.07) is 6.26. The third-order valence-electron chi connectivity index (χ3n) is 7.67. The first kappa shape index (κ1) is 35.2. The van der Waals surface area contributed by atoms with E-state index in [9.17, 15) is 18.4 Å². The van der Waals surface area contributed by atoms with E-state index >= 15 is 4.39 Å². The van der Waals surface area contributed by atoms with Crippen molar-refractivity contribution in [2.75, 3.05) is 5.01 Å². The zero-order chi connectivity index (χ0) is 34.2. The Balaban J connectivity index is 1.80. The number of nitrogens with zero attached hydrogens (tertiary/aromatic N) is 4. The molecule has 1 atom stereocenters. The maximum atomic E-state index is 15.5. The molecule has 3 aromatic rings. The molecule has 1 unspecified atom stereocenters. The Labute approximate surface area is 275 Å². The first-order valence-electron chi connectivity index (χ1n) is 15.0. The van der Waals surface area contributed by atoms with Gasteiger partial charge in [0.2, 0.25) is 6.41 Å². The molecule has 7 N–H and O–H groups in total. The Morgan fingerprint density at radius 1 is 1.21 bits per heavy atom. The summed E-state index contributed by atoms with van der Waals surface area (Å²) in [5.74, 6) is 6.02. The molecular formula is C32H37ClF3N9O2. The van der Waals surface area contributed by atoms with E-state index in [4.69, 9.17) is 28.6 Å². The summed E-state index contributed by atoms with van der Waals surface area (Å²) in [6.45, 7) is 1.12. The predicted octanol–water partition coefficient (Wildman–Crippen LogP) is 5.28. The highest BCUT2D eigenvalue weighted by molar-refractivity contribution is 6.31. The smallest absolute Gasteiger partial charge is 0.313 e. The van der Waals surface area contributed by atoms with Crippen LogP contribution in [0.4, 0.5) is 18.9 Å². The Bertz CT molecular complexity index is 1720. The maximum absolute atomic E-state index is 15.5. The molecule has 0 spiro atoms. The second-order valence-electron chi connectivity index (χ2n) is 11.5. The normalized spacial score (nSPS) is 14.5. The predicted molar refractivity (Wildman–Crippen MR) is 176 cm³/mol. The van der Waals surface area contributed by atoms with Gasteiger partial charge in [-0.25, -0.2) is 15.2 Å². The van der Waals surface area contributed by atoms with Crippen LogP contribution >= 0.6 is 11.6 Å². The van der Waals surface area contributed by atoms with Crippen LogP contribution in [0.25, 0.3) is 17.0 Å². The number of halogens is 4. The van der Waals surface area contributed by atoms with Crippen LogP contribution in [0.1, 0.15) is 63.3 Å². The van der Waals surface area contributed by atoms with E-state index in [2.05, 4.69) is 29.1 Å². The first-order valence-corrected chi connectivity index (χ1v) is 15.4. The van der Waals surface area contributed by atoms with Crippen LogP contribution in [0.15, 0.2) is 65.2 Å². The van der Waals surface area contributed by atoms with Gasteiger partial charge in [-0.2, -0.15) is 8.78 Å². The lowest BCUT2D eigenvalue weighted by atomic mass is 9.99. The number of allylic oxidation sites excluding steroid dienone is 2. The average Bonchev–Trinajstić information content (AvgIpc) is 3.88. The van der Waals surface area contributed by atoms with E-state index in [0.29, 0.717) is 30.2 Å². The number of hydrogen-bond acceptors (Lipinski definition) is 9. The van der Waals surface area contributed by atoms with Gasteiger partial charge in [0.15, 0.2) is 5.82 Å². The number of aromatic nitrogens is 3. The van der Waals surface area contributed by atoms with Gasteiger partial charge >= 0.3 is 6.55 Å². The highest BCUT2D eigenvalue weighted by atomic mass is 35.5. The van der Waals surface area contributed by atoms with Gasteiger partial charge in [0.25, 0.3) is 5.56 Å². The molecule has 1 fully saturated rings. The van der Waals surface area contributed by atoms with E-state index in [1.54, 1.807) is 0 Å². The lowest BCUT2D eigenvalue weighted by molar-refractivity contribution is -0.108. The average molecular weight is 672 g/mol. The molecule has 0 radical (unpaired) electrons. The van der Waals surface area contributed by atoms with Crippen LogP contribution in [0.3, 0.4) is 0 Å². The minimum atomic E-state index is -3.01. The Morgan fingerprint density at radius 3 is 2.57 bits per heavy atom. The van der Waals surface area contributed by atoms with Crippen molar-refractivity contribution in [2.24, 2.45) is 23.4 Å². The van der Waals surface area contributed by atoms with Gasteiger partial charge in [0.05, 0.1) is 51.4 Å². The first-order chi connectivity index (χ1) is 22.4. The molecule has 0 saturated heterocycles. The van der Waals surface area contributed by atoms with Crippen LogP contribution in [0, 0.1) is 23.1 Å². The summed E-state index contributed by atoms with van der Waals surface area (Å²) in [7, 11) is 0. The molecule has 0 bridgehead atoms. The summed E-state index contributed by atoms with van der Waals surface area (Å²) >= 11 is 6.13. The number of hydrazine groups is 1. The third kappa shape index (κ3) is 8.77. The molecule has 0 aliphatic heterocycles. The highest BCUT2D eigenvalue weighted by Gasteiger charge is 2.26. The number of alkyl halides is 2. The molecule has 250 valence electrons. The fraction of sp³-hybridized carbons (Fsp3) is 0.344. The molecule has 1 aliphatic rings.